The molecule has 1 aromatic carbocycles. The van der Waals surface area contributed by atoms with Crippen LogP contribution >= 0.6 is 11.6 Å². The van der Waals surface area contributed by atoms with Gasteiger partial charge in [0.25, 0.3) is 0 Å². The topological polar surface area (TPSA) is 75.7 Å². The van der Waals surface area contributed by atoms with Crippen LogP contribution in [0.1, 0.15) is 27.7 Å². The van der Waals surface area contributed by atoms with E-state index in [9.17, 15) is 10.1 Å². The number of rotatable bonds is 4. The Labute approximate surface area is 113 Å². The summed E-state index contributed by atoms with van der Waals surface area (Å²) in [4.78, 5) is 0. The Kier molecular flexibility index (Phi) is 4.33. The Hall–Kier alpha value is -0.745. The van der Waals surface area contributed by atoms with E-state index in [0.29, 0.717) is 16.2 Å². The average Bonchev–Trinajstić information content (AvgIpc) is 2.19. The number of anilines is 1. The largest absolute Gasteiger partial charge is 0.493 e. The second-order valence-electron chi connectivity index (χ2n) is 5.31. The summed E-state index contributed by atoms with van der Waals surface area (Å²) >= 11 is 5.85. The van der Waals surface area contributed by atoms with Crippen molar-refractivity contribution in [2.75, 3.05) is 5.73 Å². The van der Waals surface area contributed by atoms with E-state index in [1.807, 2.05) is 0 Å². The second kappa shape index (κ2) is 5.09. The van der Waals surface area contributed by atoms with Crippen molar-refractivity contribution >= 4 is 29.9 Å². The fourth-order valence-corrected chi connectivity index (χ4v) is 1.43. The van der Waals surface area contributed by atoms with Crippen LogP contribution in [0.15, 0.2) is 18.2 Å². The molecule has 0 atom stereocenters. The van der Waals surface area contributed by atoms with Crippen LogP contribution < -0.4 is 11.2 Å². The van der Waals surface area contributed by atoms with E-state index in [-0.39, 0.29) is 0 Å². The molecule has 1 aromatic rings. The van der Waals surface area contributed by atoms with Crippen molar-refractivity contribution in [2.45, 2.75) is 38.9 Å². The molecule has 0 aliphatic carbocycles. The summed E-state index contributed by atoms with van der Waals surface area (Å²) in [6.07, 6.45) is 0. The van der Waals surface area contributed by atoms with Crippen LogP contribution in [-0.2, 0) is 4.65 Å². The lowest BCUT2D eigenvalue weighted by Crippen LogP contribution is -2.53. The molecule has 0 aromatic heterocycles. The second-order valence-corrected chi connectivity index (χ2v) is 5.75. The molecule has 6 heteroatoms. The fraction of sp³-hybridized carbons (Fsp3) is 0.500. The summed E-state index contributed by atoms with van der Waals surface area (Å²) in [7, 11) is -1.25. The van der Waals surface area contributed by atoms with E-state index in [0.717, 1.165) is 0 Å². The fourth-order valence-electron chi connectivity index (χ4n) is 1.25. The monoisotopic (exact) mass is 271 g/mol. The minimum Gasteiger partial charge on any atom is -0.423 e. The summed E-state index contributed by atoms with van der Waals surface area (Å²) in [6, 6.07) is 4.78. The molecule has 0 fully saturated rings. The SMILES string of the molecule is CC(C)(O)C(C)(C)OB(O)c1cc(Cl)ccc1N. The lowest BCUT2D eigenvalue weighted by Gasteiger charge is -2.38. The number of halogens is 1. The standard InChI is InChI=1S/C12H19BClNO3/c1-11(2,16)12(3,4)18-13(17)9-7-8(14)5-6-10(9)15/h5-7,16-17H,15H2,1-4H3. The minimum absolute atomic E-state index is 0.387. The van der Waals surface area contributed by atoms with Gasteiger partial charge in [0, 0.05) is 16.2 Å². The molecule has 0 saturated heterocycles. The zero-order chi connectivity index (χ0) is 14.1. The first-order valence-electron chi connectivity index (χ1n) is 5.68. The maximum Gasteiger partial charge on any atom is 0.493 e. The van der Waals surface area contributed by atoms with Crippen LogP contribution in [0, 0.1) is 0 Å². The molecule has 0 aliphatic heterocycles. The molecule has 0 spiro atoms. The van der Waals surface area contributed by atoms with E-state index < -0.39 is 18.3 Å². The van der Waals surface area contributed by atoms with Gasteiger partial charge in [-0.3, -0.25) is 0 Å². The Bertz CT molecular complexity index is 432. The molecular weight excluding hydrogens is 252 g/mol. The summed E-state index contributed by atoms with van der Waals surface area (Å²) in [5.74, 6) is 0. The molecule has 4 N–H and O–H groups in total. The van der Waals surface area contributed by atoms with Crippen molar-refractivity contribution in [1.82, 2.24) is 0 Å². The molecule has 0 bridgehead atoms. The third kappa shape index (κ3) is 3.39. The molecule has 0 amide bonds. The first kappa shape index (κ1) is 15.3. The third-order valence-corrected chi connectivity index (χ3v) is 3.43. The van der Waals surface area contributed by atoms with Crippen molar-refractivity contribution in [3.63, 3.8) is 0 Å². The van der Waals surface area contributed by atoms with Gasteiger partial charge >= 0.3 is 7.12 Å². The van der Waals surface area contributed by atoms with E-state index in [2.05, 4.69) is 0 Å². The van der Waals surface area contributed by atoms with Gasteiger partial charge < -0.3 is 20.5 Å². The predicted molar refractivity (Wildman–Crippen MR) is 74.9 cm³/mol. The van der Waals surface area contributed by atoms with Gasteiger partial charge in [0.15, 0.2) is 0 Å². The predicted octanol–water partition coefficient (Wildman–Crippen LogP) is 1.18. The van der Waals surface area contributed by atoms with Gasteiger partial charge in [0.1, 0.15) is 0 Å². The highest BCUT2D eigenvalue weighted by molar-refractivity contribution is 6.62. The number of hydrogen-bond donors (Lipinski definition) is 3. The van der Waals surface area contributed by atoms with Gasteiger partial charge in [0.2, 0.25) is 0 Å². The molecule has 100 valence electrons. The molecule has 0 aliphatic rings. The summed E-state index contributed by atoms with van der Waals surface area (Å²) in [5, 5.41) is 20.5. The number of nitrogens with two attached hydrogens (primary N) is 1. The highest BCUT2D eigenvalue weighted by atomic mass is 35.5. The van der Waals surface area contributed by atoms with Gasteiger partial charge in [-0.2, -0.15) is 0 Å². The zero-order valence-electron chi connectivity index (χ0n) is 11.1. The molecule has 1 rings (SSSR count). The summed E-state index contributed by atoms with van der Waals surface area (Å²) < 4.78 is 5.49. The van der Waals surface area contributed by atoms with Gasteiger partial charge in [-0.25, -0.2) is 0 Å². The number of nitrogen functional groups attached to an aromatic ring is 1. The zero-order valence-corrected chi connectivity index (χ0v) is 11.8. The molecule has 0 unspecified atom stereocenters. The lowest BCUT2D eigenvalue weighted by atomic mass is 9.75. The van der Waals surface area contributed by atoms with Crippen molar-refractivity contribution in [3.05, 3.63) is 23.2 Å². The number of benzene rings is 1. The van der Waals surface area contributed by atoms with Crippen molar-refractivity contribution in [1.29, 1.82) is 0 Å². The van der Waals surface area contributed by atoms with Gasteiger partial charge in [-0.15, -0.1) is 0 Å². The molecule has 4 nitrogen and oxygen atoms in total. The number of hydrogen-bond acceptors (Lipinski definition) is 4. The first-order valence-corrected chi connectivity index (χ1v) is 6.05. The molecule has 0 heterocycles. The first-order chi connectivity index (χ1) is 8.04. The Morgan fingerprint density at radius 2 is 1.83 bits per heavy atom. The highest BCUT2D eigenvalue weighted by Gasteiger charge is 2.39. The van der Waals surface area contributed by atoms with Crippen LogP contribution in [-0.4, -0.2) is 28.5 Å². The van der Waals surface area contributed by atoms with Crippen molar-refractivity contribution < 1.29 is 14.8 Å². The van der Waals surface area contributed by atoms with Gasteiger partial charge in [-0.1, -0.05) is 11.6 Å². The van der Waals surface area contributed by atoms with E-state index in [1.165, 1.54) is 0 Å². The van der Waals surface area contributed by atoms with Crippen LogP contribution in [0.4, 0.5) is 5.69 Å². The summed E-state index contributed by atoms with van der Waals surface area (Å²) in [6.45, 7) is 6.61. The average molecular weight is 272 g/mol. The normalized spacial score (nSPS) is 12.6. The quantitative estimate of drug-likeness (QED) is 0.568. The smallest absolute Gasteiger partial charge is 0.423 e. The van der Waals surface area contributed by atoms with E-state index in [4.69, 9.17) is 22.0 Å². The van der Waals surface area contributed by atoms with Crippen LogP contribution in [0.2, 0.25) is 5.02 Å². The Balaban J connectivity index is 2.95. The van der Waals surface area contributed by atoms with Crippen LogP contribution in [0.3, 0.4) is 0 Å². The summed E-state index contributed by atoms with van der Waals surface area (Å²) in [5.41, 5.74) is 4.48. The Morgan fingerprint density at radius 3 is 2.33 bits per heavy atom. The maximum atomic E-state index is 10.1. The van der Waals surface area contributed by atoms with Crippen LogP contribution in [0.5, 0.6) is 0 Å². The number of aliphatic hydroxyl groups is 1. The Morgan fingerprint density at radius 1 is 1.28 bits per heavy atom. The minimum atomic E-state index is -1.25. The maximum absolute atomic E-state index is 10.1. The van der Waals surface area contributed by atoms with E-state index in [1.54, 1.807) is 45.9 Å². The molecule has 0 radical (unpaired) electrons. The van der Waals surface area contributed by atoms with Crippen LogP contribution in [0.25, 0.3) is 0 Å². The highest BCUT2D eigenvalue weighted by Crippen LogP contribution is 2.25. The molecular formula is C12H19BClNO3. The molecule has 0 saturated carbocycles. The lowest BCUT2D eigenvalue weighted by molar-refractivity contribution is -0.0982. The van der Waals surface area contributed by atoms with Gasteiger partial charge in [0.05, 0.1) is 11.2 Å². The van der Waals surface area contributed by atoms with E-state index >= 15 is 0 Å². The van der Waals surface area contributed by atoms with Crippen molar-refractivity contribution in [2.24, 2.45) is 0 Å². The van der Waals surface area contributed by atoms with Gasteiger partial charge in [-0.05, 0) is 45.9 Å². The van der Waals surface area contributed by atoms with Crippen molar-refractivity contribution in [3.8, 4) is 0 Å². The third-order valence-electron chi connectivity index (χ3n) is 3.19. The molecule has 18 heavy (non-hydrogen) atoms.